The number of unbranched alkanes of at least 4 members (excludes halogenated alkanes) is 1. The first-order valence-electron chi connectivity index (χ1n) is 9.62. The van der Waals surface area contributed by atoms with E-state index >= 15 is 0 Å². The molecule has 3 rings (SSSR count). The topological polar surface area (TPSA) is 59.6 Å². The van der Waals surface area contributed by atoms with Crippen LogP contribution in [0, 0.1) is 0 Å². The molecule has 0 saturated carbocycles. The van der Waals surface area contributed by atoms with Crippen molar-refractivity contribution in [3.63, 3.8) is 0 Å². The van der Waals surface area contributed by atoms with E-state index < -0.39 is 0 Å². The summed E-state index contributed by atoms with van der Waals surface area (Å²) in [6.45, 7) is 2.28. The molecule has 1 aliphatic carbocycles. The molecule has 4 nitrogen and oxygen atoms in total. The van der Waals surface area contributed by atoms with Gasteiger partial charge in [0.2, 0.25) is 0 Å². The van der Waals surface area contributed by atoms with Crippen molar-refractivity contribution in [1.29, 1.82) is 0 Å². The van der Waals surface area contributed by atoms with E-state index in [2.05, 4.69) is 52.8 Å². The van der Waals surface area contributed by atoms with Crippen molar-refractivity contribution >= 4 is 11.6 Å². The van der Waals surface area contributed by atoms with Crippen LogP contribution < -0.4 is 11.1 Å². The van der Waals surface area contributed by atoms with Crippen LogP contribution in [0.1, 0.15) is 36.0 Å². The summed E-state index contributed by atoms with van der Waals surface area (Å²) in [6.07, 6.45) is 6.59. The summed E-state index contributed by atoms with van der Waals surface area (Å²) in [6, 6.07) is 16.9. The molecule has 0 saturated heterocycles. The highest BCUT2D eigenvalue weighted by molar-refractivity contribution is 5.92. The summed E-state index contributed by atoms with van der Waals surface area (Å²) >= 11 is 0. The fraction of sp³-hybridized carbons (Fsp3) is 0.409. The van der Waals surface area contributed by atoms with E-state index in [1.165, 1.54) is 36.0 Å². The molecule has 0 aromatic heterocycles. The summed E-state index contributed by atoms with van der Waals surface area (Å²) in [4.78, 5) is 4.41. The Kier molecular flexibility index (Phi) is 7.08. The van der Waals surface area contributed by atoms with Crippen molar-refractivity contribution < 1.29 is 4.74 Å². The standard InChI is InChI=1S/C22H29N3O/c23-22(25-21-12-11-19-9-6-10-20(19)17-21)24-14-4-5-15-26-16-13-18-7-2-1-3-8-18/h1-3,7-8,11-12,17H,4-6,9-10,13-16H2,(H3,23,24,25). The monoisotopic (exact) mass is 351 g/mol. The second-order valence-corrected chi connectivity index (χ2v) is 6.78. The van der Waals surface area contributed by atoms with Crippen LogP contribution in [-0.4, -0.2) is 25.7 Å². The molecule has 0 bridgehead atoms. The Morgan fingerprint density at radius 2 is 1.85 bits per heavy atom. The highest BCUT2D eigenvalue weighted by Gasteiger charge is 2.10. The molecular weight excluding hydrogens is 322 g/mol. The maximum atomic E-state index is 5.99. The van der Waals surface area contributed by atoms with Gasteiger partial charge in [0.25, 0.3) is 0 Å². The van der Waals surface area contributed by atoms with Crippen molar-refractivity contribution in [2.75, 3.05) is 25.1 Å². The minimum absolute atomic E-state index is 0.493. The van der Waals surface area contributed by atoms with Gasteiger partial charge >= 0.3 is 0 Å². The first-order chi connectivity index (χ1) is 12.8. The quantitative estimate of drug-likeness (QED) is 0.409. The van der Waals surface area contributed by atoms with Crippen molar-refractivity contribution in [3.8, 4) is 0 Å². The second-order valence-electron chi connectivity index (χ2n) is 6.78. The molecule has 0 atom stereocenters. The Morgan fingerprint density at radius 1 is 1.00 bits per heavy atom. The van der Waals surface area contributed by atoms with Crippen LogP contribution in [-0.2, 0) is 24.0 Å². The molecule has 2 aromatic rings. The van der Waals surface area contributed by atoms with E-state index in [9.17, 15) is 0 Å². The number of aliphatic imine (C=N–C) groups is 1. The van der Waals surface area contributed by atoms with E-state index in [0.29, 0.717) is 5.96 Å². The number of hydrogen-bond donors (Lipinski definition) is 2. The summed E-state index contributed by atoms with van der Waals surface area (Å²) in [5.74, 6) is 0.493. The molecule has 0 heterocycles. The van der Waals surface area contributed by atoms with Gasteiger partial charge in [-0.3, -0.25) is 4.99 Å². The summed E-state index contributed by atoms with van der Waals surface area (Å²) < 4.78 is 5.69. The summed E-state index contributed by atoms with van der Waals surface area (Å²) in [5, 5.41) is 3.20. The number of hydrogen-bond acceptors (Lipinski definition) is 2. The lowest BCUT2D eigenvalue weighted by atomic mass is 10.1. The highest BCUT2D eigenvalue weighted by Crippen LogP contribution is 2.24. The van der Waals surface area contributed by atoms with Gasteiger partial charge < -0.3 is 15.8 Å². The van der Waals surface area contributed by atoms with Crippen LogP contribution in [0.3, 0.4) is 0 Å². The predicted octanol–water partition coefficient (Wildman–Crippen LogP) is 3.94. The minimum atomic E-state index is 0.493. The van der Waals surface area contributed by atoms with Crippen molar-refractivity contribution in [2.45, 2.75) is 38.5 Å². The molecule has 0 radical (unpaired) electrons. The molecule has 0 fully saturated rings. The molecular formula is C22H29N3O. The van der Waals surface area contributed by atoms with Crippen LogP contribution in [0.15, 0.2) is 53.5 Å². The summed E-state index contributed by atoms with van der Waals surface area (Å²) in [5.41, 5.74) is 11.3. The Morgan fingerprint density at radius 3 is 2.73 bits per heavy atom. The molecule has 2 aromatic carbocycles. The van der Waals surface area contributed by atoms with Gasteiger partial charge in [0, 0.05) is 18.8 Å². The third kappa shape index (κ3) is 5.88. The molecule has 3 N–H and O–H groups in total. The Hall–Kier alpha value is -2.33. The molecule has 26 heavy (non-hydrogen) atoms. The van der Waals surface area contributed by atoms with E-state index in [-0.39, 0.29) is 0 Å². The zero-order chi connectivity index (χ0) is 18.0. The van der Waals surface area contributed by atoms with Gasteiger partial charge in [-0.15, -0.1) is 0 Å². The van der Waals surface area contributed by atoms with Gasteiger partial charge in [-0.25, -0.2) is 0 Å². The van der Waals surface area contributed by atoms with E-state index in [1.807, 2.05) is 6.07 Å². The molecule has 0 amide bonds. The summed E-state index contributed by atoms with van der Waals surface area (Å²) in [7, 11) is 0. The Bertz CT molecular complexity index is 713. The van der Waals surface area contributed by atoms with Gasteiger partial charge in [-0.2, -0.15) is 0 Å². The Balaban J connectivity index is 1.26. The number of nitrogens with two attached hydrogens (primary N) is 1. The third-order valence-corrected chi connectivity index (χ3v) is 4.73. The molecule has 0 unspecified atom stereocenters. The largest absolute Gasteiger partial charge is 0.381 e. The highest BCUT2D eigenvalue weighted by atomic mass is 16.5. The second kappa shape index (κ2) is 9.97. The number of nitrogens with one attached hydrogen (secondary N) is 1. The van der Waals surface area contributed by atoms with Crippen LogP contribution in [0.25, 0.3) is 0 Å². The van der Waals surface area contributed by atoms with Crippen LogP contribution in [0.5, 0.6) is 0 Å². The number of nitrogens with zero attached hydrogens (tertiary/aromatic N) is 1. The van der Waals surface area contributed by atoms with Crippen molar-refractivity contribution in [3.05, 3.63) is 65.2 Å². The Labute approximate surface area is 156 Å². The maximum absolute atomic E-state index is 5.99. The first kappa shape index (κ1) is 18.5. The molecule has 4 heteroatoms. The van der Waals surface area contributed by atoms with E-state index in [0.717, 1.165) is 44.7 Å². The average molecular weight is 351 g/mol. The number of anilines is 1. The maximum Gasteiger partial charge on any atom is 0.193 e. The van der Waals surface area contributed by atoms with Gasteiger partial charge in [-0.05, 0) is 67.3 Å². The molecule has 0 aliphatic heterocycles. The lowest BCUT2D eigenvalue weighted by Gasteiger charge is -2.08. The number of aryl methyl sites for hydroxylation is 2. The number of guanidine groups is 1. The van der Waals surface area contributed by atoms with Crippen LogP contribution >= 0.6 is 0 Å². The zero-order valence-corrected chi connectivity index (χ0v) is 15.4. The lowest BCUT2D eigenvalue weighted by Crippen LogP contribution is -2.23. The van der Waals surface area contributed by atoms with Crippen LogP contribution in [0.2, 0.25) is 0 Å². The molecule has 0 spiro atoms. The minimum Gasteiger partial charge on any atom is -0.381 e. The fourth-order valence-corrected chi connectivity index (χ4v) is 3.29. The van der Waals surface area contributed by atoms with Crippen molar-refractivity contribution in [2.24, 2.45) is 10.7 Å². The van der Waals surface area contributed by atoms with Gasteiger partial charge in [0.1, 0.15) is 0 Å². The van der Waals surface area contributed by atoms with Gasteiger partial charge in [-0.1, -0.05) is 36.4 Å². The van der Waals surface area contributed by atoms with Gasteiger partial charge in [0.15, 0.2) is 5.96 Å². The zero-order valence-electron chi connectivity index (χ0n) is 15.4. The molecule has 1 aliphatic rings. The van der Waals surface area contributed by atoms with Crippen LogP contribution in [0.4, 0.5) is 5.69 Å². The van der Waals surface area contributed by atoms with E-state index in [4.69, 9.17) is 10.5 Å². The van der Waals surface area contributed by atoms with E-state index in [1.54, 1.807) is 0 Å². The number of ether oxygens (including phenoxy) is 1. The number of benzene rings is 2. The fourth-order valence-electron chi connectivity index (χ4n) is 3.29. The average Bonchev–Trinajstić information content (AvgIpc) is 3.12. The molecule has 138 valence electrons. The SMILES string of the molecule is NC(=NCCCCOCCc1ccccc1)Nc1ccc2c(c1)CCC2. The smallest absolute Gasteiger partial charge is 0.193 e. The predicted molar refractivity (Wildman–Crippen MR) is 109 cm³/mol. The number of fused-ring (bicyclic) bond motifs is 1. The van der Waals surface area contributed by atoms with Gasteiger partial charge in [0.05, 0.1) is 6.61 Å². The first-order valence-corrected chi connectivity index (χ1v) is 9.62. The van der Waals surface area contributed by atoms with Crippen molar-refractivity contribution in [1.82, 2.24) is 0 Å². The third-order valence-electron chi connectivity index (χ3n) is 4.73. The lowest BCUT2D eigenvalue weighted by molar-refractivity contribution is 0.134. The normalized spacial score (nSPS) is 13.6. The number of rotatable bonds is 9.